The van der Waals surface area contributed by atoms with Gasteiger partial charge in [0, 0.05) is 26.2 Å². The first-order chi connectivity index (χ1) is 11.8. The van der Waals surface area contributed by atoms with Gasteiger partial charge in [-0.3, -0.25) is 5.01 Å². The fraction of sp³-hybridized carbons (Fsp3) is 0.300. The molecule has 0 radical (unpaired) electrons. The smallest absolute Gasteiger partial charge is 0.151 e. The molecular formula is C20H21N3O. The zero-order chi connectivity index (χ0) is 16.5. The minimum absolute atomic E-state index is 0.641. The third-order valence-corrected chi connectivity index (χ3v) is 4.97. The molecule has 24 heavy (non-hydrogen) atoms. The van der Waals surface area contributed by atoms with Gasteiger partial charge in [-0.05, 0) is 35.0 Å². The highest BCUT2D eigenvalue weighted by Crippen LogP contribution is 2.32. The van der Waals surface area contributed by atoms with Crippen molar-refractivity contribution in [2.24, 2.45) is 0 Å². The van der Waals surface area contributed by atoms with Gasteiger partial charge in [0.2, 0.25) is 0 Å². The number of allylic oxidation sites excluding steroid dienone is 1. The minimum Gasteiger partial charge on any atom is -0.304 e. The van der Waals surface area contributed by atoms with E-state index in [2.05, 4.69) is 70.4 Å². The Kier molecular flexibility index (Phi) is 3.95. The van der Waals surface area contributed by atoms with E-state index >= 15 is 0 Å². The van der Waals surface area contributed by atoms with Gasteiger partial charge in [-0.15, -0.1) is 0 Å². The molecule has 2 aromatic carbocycles. The molecule has 2 aliphatic rings. The van der Waals surface area contributed by atoms with Crippen molar-refractivity contribution in [3.05, 3.63) is 59.8 Å². The van der Waals surface area contributed by atoms with E-state index in [-0.39, 0.29) is 0 Å². The zero-order valence-corrected chi connectivity index (χ0v) is 13.9. The molecule has 0 unspecified atom stereocenters. The summed E-state index contributed by atoms with van der Waals surface area (Å²) in [5.41, 5.74) is 3.03. The van der Waals surface area contributed by atoms with E-state index in [0.717, 1.165) is 32.7 Å². The van der Waals surface area contributed by atoms with Crippen molar-refractivity contribution in [2.75, 3.05) is 39.8 Å². The van der Waals surface area contributed by atoms with E-state index in [4.69, 9.17) is 0 Å². The molecule has 0 aromatic heterocycles. The average Bonchev–Trinajstić information content (AvgIpc) is 3.06. The van der Waals surface area contributed by atoms with Crippen LogP contribution in [-0.4, -0.2) is 60.6 Å². The molecule has 0 saturated carbocycles. The molecule has 4 heteroatoms. The predicted molar refractivity (Wildman–Crippen MR) is 96.9 cm³/mol. The number of benzene rings is 2. The first kappa shape index (κ1) is 15.2. The van der Waals surface area contributed by atoms with Gasteiger partial charge in [-0.2, -0.15) is 0 Å². The number of hydrogen-bond donors (Lipinski definition) is 0. The lowest BCUT2D eigenvalue weighted by molar-refractivity contribution is -0.00850. The van der Waals surface area contributed by atoms with Crippen LogP contribution in [0, 0.1) is 0 Å². The minimum atomic E-state index is 0.641. The molecular weight excluding hydrogens is 298 g/mol. The van der Waals surface area contributed by atoms with E-state index in [1.807, 2.05) is 6.08 Å². The van der Waals surface area contributed by atoms with Crippen LogP contribution in [0.25, 0.3) is 16.3 Å². The highest BCUT2D eigenvalue weighted by atomic mass is 16.1. The summed E-state index contributed by atoms with van der Waals surface area (Å²) in [6.45, 7) is 4.66. The van der Waals surface area contributed by atoms with Crippen LogP contribution in [-0.2, 0) is 4.79 Å². The summed E-state index contributed by atoms with van der Waals surface area (Å²) in [7, 11) is 2.14. The first-order valence-corrected chi connectivity index (χ1v) is 8.41. The van der Waals surface area contributed by atoms with Gasteiger partial charge in [0.05, 0.1) is 6.54 Å². The summed E-state index contributed by atoms with van der Waals surface area (Å²) in [6, 6.07) is 14.8. The van der Waals surface area contributed by atoms with Crippen molar-refractivity contribution < 1.29 is 4.79 Å². The summed E-state index contributed by atoms with van der Waals surface area (Å²) in [5, 5.41) is 6.83. The molecule has 122 valence electrons. The van der Waals surface area contributed by atoms with E-state index in [1.165, 1.54) is 21.9 Å². The van der Waals surface area contributed by atoms with Crippen LogP contribution in [0.2, 0.25) is 0 Å². The van der Waals surface area contributed by atoms with E-state index in [1.54, 1.807) is 0 Å². The molecule has 1 fully saturated rings. The molecule has 4 rings (SSSR count). The van der Waals surface area contributed by atoms with Gasteiger partial charge in [0.15, 0.2) is 5.94 Å². The Morgan fingerprint density at radius 2 is 1.71 bits per heavy atom. The molecule has 1 saturated heterocycles. The lowest BCUT2D eigenvalue weighted by Gasteiger charge is -2.39. The van der Waals surface area contributed by atoms with Gasteiger partial charge in [-0.1, -0.05) is 42.5 Å². The van der Waals surface area contributed by atoms with Crippen molar-refractivity contribution in [2.45, 2.75) is 0 Å². The van der Waals surface area contributed by atoms with Crippen LogP contribution in [0.3, 0.4) is 0 Å². The van der Waals surface area contributed by atoms with Crippen LogP contribution in [0.5, 0.6) is 0 Å². The lowest BCUT2D eigenvalue weighted by Crippen LogP contribution is -2.51. The maximum Gasteiger partial charge on any atom is 0.151 e. The molecule has 2 heterocycles. The number of carbonyl (C=O) groups excluding carboxylic acids is 1. The van der Waals surface area contributed by atoms with Crippen molar-refractivity contribution in [1.29, 1.82) is 0 Å². The molecule has 0 bridgehead atoms. The van der Waals surface area contributed by atoms with E-state index in [0.29, 0.717) is 5.70 Å². The third kappa shape index (κ3) is 2.65. The fourth-order valence-electron chi connectivity index (χ4n) is 3.57. The highest BCUT2D eigenvalue weighted by molar-refractivity contribution is 5.95. The lowest BCUT2D eigenvalue weighted by atomic mass is 9.99. The van der Waals surface area contributed by atoms with Crippen LogP contribution in [0.15, 0.2) is 54.2 Å². The number of fused-ring (bicyclic) bond motifs is 1. The number of likely N-dealkylation sites (N-methyl/N-ethyl adjacent to an activating group) is 1. The number of hydrazine groups is 1. The van der Waals surface area contributed by atoms with Gasteiger partial charge in [-0.25, -0.2) is 9.80 Å². The highest BCUT2D eigenvalue weighted by Gasteiger charge is 2.28. The number of rotatable bonds is 2. The van der Waals surface area contributed by atoms with Crippen LogP contribution < -0.4 is 0 Å². The standard InChI is InChI=1S/C20H21N3O/c1-21-9-11-22(12-10-21)23-14-17(13-18(23)15-24)20-8-4-6-16-5-2-3-7-19(16)20/h2-8,13H,9-12,14H2,1H3. The van der Waals surface area contributed by atoms with Crippen molar-refractivity contribution in [1.82, 2.24) is 14.9 Å². The van der Waals surface area contributed by atoms with Crippen LogP contribution in [0.1, 0.15) is 5.56 Å². The number of piperazine rings is 1. The molecule has 0 N–H and O–H groups in total. The number of hydrogen-bond acceptors (Lipinski definition) is 4. The van der Waals surface area contributed by atoms with Crippen molar-refractivity contribution >= 4 is 22.3 Å². The van der Waals surface area contributed by atoms with Gasteiger partial charge in [0.1, 0.15) is 5.70 Å². The van der Waals surface area contributed by atoms with Gasteiger partial charge >= 0.3 is 0 Å². The van der Waals surface area contributed by atoms with Crippen molar-refractivity contribution in [3.8, 4) is 0 Å². The zero-order valence-electron chi connectivity index (χ0n) is 13.9. The molecule has 2 aromatic rings. The Bertz CT molecular complexity index is 838. The number of nitrogens with zero attached hydrogens (tertiary/aromatic N) is 3. The second kappa shape index (κ2) is 6.25. The largest absolute Gasteiger partial charge is 0.304 e. The Balaban J connectivity index is 1.66. The maximum absolute atomic E-state index is 11.5. The molecule has 0 amide bonds. The second-order valence-corrected chi connectivity index (χ2v) is 6.50. The molecule has 4 nitrogen and oxygen atoms in total. The second-order valence-electron chi connectivity index (χ2n) is 6.50. The quantitative estimate of drug-likeness (QED) is 0.794. The fourth-order valence-corrected chi connectivity index (χ4v) is 3.57. The third-order valence-electron chi connectivity index (χ3n) is 4.97. The SMILES string of the molecule is CN1CCN(N2CC(c3cccc4ccccc34)=CC2=C=O)CC1. The van der Waals surface area contributed by atoms with Crippen LogP contribution >= 0.6 is 0 Å². The normalized spacial score (nSPS) is 19.6. The average molecular weight is 319 g/mol. The van der Waals surface area contributed by atoms with Gasteiger partial charge < -0.3 is 4.90 Å². The first-order valence-electron chi connectivity index (χ1n) is 8.41. The molecule has 0 atom stereocenters. The summed E-state index contributed by atoms with van der Waals surface area (Å²) in [5.74, 6) is 2.13. The summed E-state index contributed by atoms with van der Waals surface area (Å²) in [6.07, 6.45) is 1.99. The molecule has 2 aliphatic heterocycles. The topological polar surface area (TPSA) is 26.8 Å². The summed E-state index contributed by atoms with van der Waals surface area (Å²) in [4.78, 5) is 13.8. The van der Waals surface area contributed by atoms with Crippen LogP contribution in [0.4, 0.5) is 0 Å². The Morgan fingerprint density at radius 3 is 2.50 bits per heavy atom. The van der Waals surface area contributed by atoms with E-state index < -0.39 is 0 Å². The molecule has 0 spiro atoms. The Hall–Kier alpha value is -2.39. The monoisotopic (exact) mass is 319 g/mol. The predicted octanol–water partition coefficient (Wildman–Crippen LogP) is 2.42. The summed E-state index contributed by atoms with van der Waals surface area (Å²) >= 11 is 0. The summed E-state index contributed by atoms with van der Waals surface area (Å²) < 4.78 is 0. The maximum atomic E-state index is 11.5. The van der Waals surface area contributed by atoms with Crippen molar-refractivity contribution in [3.63, 3.8) is 0 Å². The Labute approximate surface area is 142 Å². The van der Waals surface area contributed by atoms with Gasteiger partial charge in [0.25, 0.3) is 0 Å². The molecule has 0 aliphatic carbocycles. The Morgan fingerprint density at radius 1 is 0.958 bits per heavy atom. The van der Waals surface area contributed by atoms with E-state index in [9.17, 15) is 4.79 Å².